The molecule has 3 heteroatoms. The first-order chi connectivity index (χ1) is 6.54. The molecule has 0 amide bonds. The van der Waals surface area contributed by atoms with Gasteiger partial charge in [-0.1, -0.05) is 6.92 Å². The fourth-order valence-electron chi connectivity index (χ4n) is 1.79. The maximum atomic E-state index is 5.99. The second-order valence-corrected chi connectivity index (χ2v) is 4.60. The Hall–Kier alpha value is -0.120. The van der Waals surface area contributed by atoms with Crippen LogP contribution >= 0.6 is 0 Å². The Bertz CT molecular complexity index is 182. The minimum Gasteiger partial charge on any atom is -0.377 e. The van der Waals surface area contributed by atoms with Crippen molar-refractivity contribution < 1.29 is 9.47 Å². The molecular weight excluding hydrogens is 178 g/mol. The van der Waals surface area contributed by atoms with Crippen molar-refractivity contribution in [2.75, 3.05) is 14.2 Å². The largest absolute Gasteiger partial charge is 0.377 e. The summed E-state index contributed by atoms with van der Waals surface area (Å²) in [6, 6.07) is 0.456. The molecule has 3 unspecified atom stereocenters. The molecule has 0 aromatic carbocycles. The lowest BCUT2D eigenvalue weighted by Gasteiger charge is -2.46. The molecule has 1 rings (SSSR count). The molecule has 0 heterocycles. The molecule has 14 heavy (non-hydrogen) atoms. The van der Waals surface area contributed by atoms with E-state index in [0.29, 0.717) is 6.04 Å². The predicted molar refractivity (Wildman–Crippen MR) is 57.5 cm³/mol. The van der Waals surface area contributed by atoms with E-state index < -0.39 is 0 Å². The molecule has 0 spiro atoms. The van der Waals surface area contributed by atoms with E-state index in [1.807, 2.05) is 7.05 Å². The Morgan fingerprint density at radius 2 is 2.07 bits per heavy atom. The highest BCUT2D eigenvalue weighted by Gasteiger charge is 2.43. The van der Waals surface area contributed by atoms with Crippen molar-refractivity contribution >= 4 is 0 Å². The SMILES string of the molecule is CCC(C)(C)OC1CC(NC)C1OC. The molecule has 0 saturated heterocycles. The van der Waals surface area contributed by atoms with Gasteiger partial charge in [0.1, 0.15) is 0 Å². The van der Waals surface area contributed by atoms with Gasteiger partial charge in [0.25, 0.3) is 0 Å². The lowest BCUT2D eigenvalue weighted by molar-refractivity contribution is -0.183. The zero-order chi connectivity index (χ0) is 10.8. The predicted octanol–water partition coefficient (Wildman–Crippen LogP) is 1.57. The third-order valence-corrected chi connectivity index (χ3v) is 3.21. The van der Waals surface area contributed by atoms with E-state index >= 15 is 0 Å². The fourth-order valence-corrected chi connectivity index (χ4v) is 1.79. The summed E-state index contributed by atoms with van der Waals surface area (Å²) in [7, 11) is 3.72. The number of nitrogens with one attached hydrogen (secondary N) is 1. The summed E-state index contributed by atoms with van der Waals surface area (Å²) < 4.78 is 11.4. The van der Waals surface area contributed by atoms with E-state index in [9.17, 15) is 0 Å². The average Bonchev–Trinajstić information content (AvgIpc) is 2.12. The zero-order valence-electron chi connectivity index (χ0n) is 9.96. The lowest BCUT2D eigenvalue weighted by atomic mass is 9.84. The maximum absolute atomic E-state index is 5.99. The number of hydrogen-bond acceptors (Lipinski definition) is 3. The Balaban J connectivity index is 2.41. The van der Waals surface area contributed by atoms with Crippen molar-refractivity contribution in [2.45, 2.75) is 57.5 Å². The summed E-state index contributed by atoms with van der Waals surface area (Å²) in [5, 5.41) is 3.23. The monoisotopic (exact) mass is 201 g/mol. The maximum Gasteiger partial charge on any atom is 0.0987 e. The van der Waals surface area contributed by atoms with E-state index in [-0.39, 0.29) is 17.8 Å². The van der Waals surface area contributed by atoms with Crippen LogP contribution in [0.1, 0.15) is 33.6 Å². The number of rotatable bonds is 5. The molecule has 3 atom stereocenters. The van der Waals surface area contributed by atoms with Gasteiger partial charge in [0, 0.05) is 13.2 Å². The summed E-state index contributed by atoms with van der Waals surface area (Å²) >= 11 is 0. The van der Waals surface area contributed by atoms with Crippen LogP contribution in [-0.4, -0.2) is 38.0 Å². The van der Waals surface area contributed by atoms with Crippen LogP contribution in [0.2, 0.25) is 0 Å². The molecule has 0 bridgehead atoms. The molecule has 1 N–H and O–H groups in total. The Morgan fingerprint density at radius 3 is 2.50 bits per heavy atom. The van der Waals surface area contributed by atoms with Crippen molar-refractivity contribution in [1.82, 2.24) is 5.32 Å². The molecule has 3 nitrogen and oxygen atoms in total. The molecule has 0 aromatic rings. The van der Waals surface area contributed by atoms with Crippen molar-refractivity contribution in [3.05, 3.63) is 0 Å². The van der Waals surface area contributed by atoms with Gasteiger partial charge in [-0.15, -0.1) is 0 Å². The Kier molecular flexibility index (Phi) is 3.93. The minimum absolute atomic E-state index is 0.0276. The topological polar surface area (TPSA) is 30.5 Å². The third kappa shape index (κ3) is 2.47. The lowest BCUT2D eigenvalue weighted by Crippen LogP contribution is -2.60. The van der Waals surface area contributed by atoms with Crippen molar-refractivity contribution in [1.29, 1.82) is 0 Å². The molecule has 1 fully saturated rings. The van der Waals surface area contributed by atoms with Gasteiger partial charge in [0.2, 0.25) is 0 Å². The zero-order valence-corrected chi connectivity index (χ0v) is 9.96. The van der Waals surface area contributed by atoms with Crippen molar-refractivity contribution in [2.24, 2.45) is 0 Å². The Labute approximate surface area is 87.2 Å². The summed E-state index contributed by atoms with van der Waals surface area (Å²) in [6.45, 7) is 6.41. The standard InChI is InChI=1S/C11H23NO2/c1-6-11(2,3)14-9-7-8(12-4)10(9)13-5/h8-10,12H,6-7H2,1-5H3. The molecule has 0 aromatic heterocycles. The smallest absolute Gasteiger partial charge is 0.0987 e. The van der Waals surface area contributed by atoms with Gasteiger partial charge in [-0.05, 0) is 33.7 Å². The van der Waals surface area contributed by atoms with Gasteiger partial charge >= 0.3 is 0 Å². The van der Waals surface area contributed by atoms with Gasteiger partial charge in [-0.25, -0.2) is 0 Å². The van der Waals surface area contributed by atoms with Crippen LogP contribution in [0.4, 0.5) is 0 Å². The van der Waals surface area contributed by atoms with Crippen LogP contribution < -0.4 is 5.32 Å². The van der Waals surface area contributed by atoms with E-state index in [1.165, 1.54) is 0 Å². The normalized spacial score (nSPS) is 32.8. The van der Waals surface area contributed by atoms with E-state index in [1.54, 1.807) is 7.11 Å². The van der Waals surface area contributed by atoms with Crippen molar-refractivity contribution in [3.63, 3.8) is 0 Å². The van der Waals surface area contributed by atoms with E-state index in [0.717, 1.165) is 12.8 Å². The summed E-state index contributed by atoms with van der Waals surface area (Å²) in [4.78, 5) is 0. The number of ether oxygens (including phenoxy) is 2. The van der Waals surface area contributed by atoms with Gasteiger partial charge in [-0.3, -0.25) is 0 Å². The van der Waals surface area contributed by atoms with Gasteiger partial charge in [-0.2, -0.15) is 0 Å². The molecule has 0 aliphatic heterocycles. The second kappa shape index (κ2) is 4.60. The van der Waals surface area contributed by atoms with Crippen LogP contribution in [0.5, 0.6) is 0 Å². The Morgan fingerprint density at radius 1 is 1.43 bits per heavy atom. The van der Waals surface area contributed by atoms with Crippen LogP contribution in [0, 0.1) is 0 Å². The van der Waals surface area contributed by atoms with Crippen LogP contribution in [0.3, 0.4) is 0 Å². The highest BCUT2D eigenvalue weighted by Crippen LogP contribution is 2.31. The first kappa shape index (κ1) is 12.0. The van der Waals surface area contributed by atoms with E-state index in [4.69, 9.17) is 9.47 Å². The summed E-state index contributed by atoms with van der Waals surface area (Å²) in [5.74, 6) is 0. The molecule has 1 aliphatic rings. The first-order valence-corrected chi connectivity index (χ1v) is 5.42. The molecule has 1 saturated carbocycles. The first-order valence-electron chi connectivity index (χ1n) is 5.42. The minimum atomic E-state index is -0.0276. The molecule has 0 radical (unpaired) electrons. The number of likely N-dealkylation sites (N-methyl/N-ethyl adjacent to an activating group) is 1. The molecular formula is C11H23NO2. The summed E-state index contributed by atoms with van der Waals surface area (Å²) in [6.07, 6.45) is 2.56. The van der Waals surface area contributed by atoms with E-state index in [2.05, 4.69) is 26.1 Å². The third-order valence-electron chi connectivity index (χ3n) is 3.21. The highest BCUT2D eigenvalue weighted by molar-refractivity contribution is 4.97. The second-order valence-electron chi connectivity index (χ2n) is 4.60. The summed E-state index contributed by atoms with van der Waals surface area (Å²) in [5.41, 5.74) is -0.0276. The highest BCUT2D eigenvalue weighted by atomic mass is 16.6. The fraction of sp³-hybridized carbons (Fsp3) is 1.00. The van der Waals surface area contributed by atoms with Crippen LogP contribution in [0.25, 0.3) is 0 Å². The van der Waals surface area contributed by atoms with Crippen molar-refractivity contribution in [3.8, 4) is 0 Å². The number of methoxy groups -OCH3 is 1. The van der Waals surface area contributed by atoms with Crippen LogP contribution in [-0.2, 0) is 9.47 Å². The number of hydrogen-bond donors (Lipinski definition) is 1. The average molecular weight is 201 g/mol. The quantitative estimate of drug-likeness (QED) is 0.732. The molecule has 84 valence electrons. The van der Waals surface area contributed by atoms with Gasteiger partial charge in [0.05, 0.1) is 17.8 Å². The van der Waals surface area contributed by atoms with Crippen LogP contribution in [0.15, 0.2) is 0 Å². The van der Waals surface area contributed by atoms with Gasteiger partial charge in [0.15, 0.2) is 0 Å². The van der Waals surface area contributed by atoms with Gasteiger partial charge < -0.3 is 14.8 Å². The molecule has 1 aliphatic carbocycles.